The first-order chi connectivity index (χ1) is 9.81. The molecule has 0 aliphatic rings. The lowest BCUT2D eigenvalue weighted by molar-refractivity contribution is 0.601. The van der Waals surface area contributed by atoms with Crippen molar-refractivity contribution in [3.63, 3.8) is 0 Å². The summed E-state index contributed by atoms with van der Waals surface area (Å²) >= 11 is 0. The van der Waals surface area contributed by atoms with E-state index in [4.69, 9.17) is 11.0 Å². The molecule has 8 heteroatoms. The first kappa shape index (κ1) is 14.7. The lowest BCUT2D eigenvalue weighted by Crippen LogP contribution is -2.01. The van der Waals surface area contributed by atoms with Crippen LogP contribution >= 0.6 is 0 Å². The normalized spacial score (nSPS) is 11.7. The summed E-state index contributed by atoms with van der Waals surface area (Å²) in [7, 11) is -3.44. The molecule has 0 unspecified atom stereocenters. The van der Waals surface area contributed by atoms with Gasteiger partial charge in [0.05, 0.1) is 28.6 Å². The molecule has 2 aromatic rings. The zero-order chi connectivity index (χ0) is 15.6. The highest BCUT2D eigenvalue weighted by Crippen LogP contribution is 2.16. The fraction of sp³-hybridized carbons (Fsp3) is 0.154. The number of rotatable bonds is 3. The van der Waals surface area contributed by atoms with Crippen molar-refractivity contribution in [2.24, 2.45) is 5.10 Å². The number of imidazole rings is 1. The number of sulfone groups is 1. The third-order valence-electron chi connectivity index (χ3n) is 2.69. The molecule has 0 amide bonds. The number of hydrogen-bond donors (Lipinski definition) is 1. The van der Waals surface area contributed by atoms with Crippen LogP contribution in [0.1, 0.15) is 16.8 Å². The van der Waals surface area contributed by atoms with Crippen molar-refractivity contribution in [1.82, 2.24) is 9.66 Å². The molecule has 0 saturated heterocycles. The molecule has 0 radical (unpaired) electrons. The van der Waals surface area contributed by atoms with E-state index in [0.29, 0.717) is 5.56 Å². The third-order valence-corrected chi connectivity index (χ3v) is 3.84. The molecule has 0 aliphatic carbocycles. The lowest BCUT2D eigenvalue weighted by atomic mass is 10.1. The molecule has 0 aliphatic heterocycles. The average Bonchev–Trinajstić information content (AvgIpc) is 2.73. The van der Waals surface area contributed by atoms with E-state index in [2.05, 4.69) is 10.1 Å². The van der Waals surface area contributed by atoms with E-state index in [1.54, 1.807) is 19.2 Å². The second-order valence-electron chi connectivity index (χ2n) is 4.47. The Morgan fingerprint density at radius 3 is 2.71 bits per heavy atom. The minimum Gasteiger partial charge on any atom is -0.368 e. The Balaban J connectivity index is 2.39. The molecule has 0 bridgehead atoms. The molecule has 7 nitrogen and oxygen atoms in total. The Hall–Kier alpha value is -2.66. The molecule has 2 rings (SSSR count). The van der Waals surface area contributed by atoms with Crippen molar-refractivity contribution in [1.29, 1.82) is 5.26 Å². The van der Waals surface area contributed by atoms with Gasteiger partial charge in [0.15, 0.2) is 9.84 Å². The number of anilines is 1. The second kappa shape index (κ2) is 5.38. The van der Waals surface area contributed by atoms with Gasteiger partial charge in [0.25, 0.3) is 0 Å². The number of nitrogens with zero attached hydrogens (tertiary/aromatic N) is 4. The van der Waals surface area contributed by atoms with E-state index in [-0.39, 0.29) is 16.4 Å². The van der Waals surface area contributed by atoms with Crippen molar-refractivity contribution < 1.29 is 8.42 Å². The van der Waals surface area contributed by atoms with Crippen molar-refractivity contribution >= 4 is 22.0 Å². The first-order valence-electron chi connectivity index (χ1n) is 5.91. The molecule has 108 valence electrons. The highest BCUT2D eigenvalue weighted by molar-refractivity contribution is 7.90. The van der Waals surface area contributed by atoms with Crippen LogP contribution in [0.15, 0.2) is 34.4 Å². The smallest absolute Gasteiger partial charge is 0.221 e. The minimum atomic E-state index is -3.44. The lowest BCUT2D eigenvalue weighted by Gasteiger charge is -2.02. The molecule has 1 aromatic heterocycles. The number of nitriles is 1. The quantitative estimate of drug-likeness (QED) is 0.847. The molecular weight excluding hydrogens is 290 g/mol. The number of benzene rings is 1. The molecule has 1 aromatic carbocycles. The summed E-state index contributed by atoms with van der Waals surface area (Å²) in [4.78, 5) is 4.00. The Kier molecular flexibility index (Phi) is 3.78. The maximum Gasteiger partial charge on any atom is 0.221 e. The highest BCUT2D eigenvalue weighted by Gasteiger charge is 2.13. The van der Waals surface area contributed by atoms with Gasteiger partial charge in [0.2, 0.25) is 5.95 Å². The molecule has 0 saturated carbocycles. The Labute approximate surface area is 122 Å². The summed E-state index contributed by atoms with van der Waals surface area (Å²) in [6.45, 7) is 1.79. The third kappa shape index (κ3) is 3.27. The summed E-state index contributed by atoms with van der Waals surface area (Å²) in [6, 6.07) is 6.29. The standard InChI is InChI=1S/C13H13N5O2S/c1-9-8-18(13(15)17-9)16-7-10-3-4-12(21(2,19)20)11(5-10)6-14/h3-5,7-8H,1-2H3,(H2,15,17). The van der Waals surface area contributed by atoms with Crippen LogP contribution in [0.3, 0.4) is 0 Å². The van der Waals surface area contributed by atoms with Crippen molar-refractivity contribution in [2.45, 2.75) is 11.8 Å². The van der Waals surface area contributed by atoms with Gasteiger partial charge in [-0.2, -0.15) is 10.4 Å². The van der Waals surface area contributed by atoms with Gasteiger partial charge in [-0.1, -0.05) is 6.07 Å². The van der Waals surface area contributed by atoms with E-state index >= 15 is 0 Å². The molecule has 0 fully saturated rings. The van der Waals surface area contributed by atoms with Gasteiger partial charge >= 0.3 is 0 Å². The van der Waals surface area contributed by atoms with E-state index in [9.17, 15) is 8.42 Å². The van der Waals surface area contributed by atoms with Crippen LogP contribution in [-0.4, -0.2) is 30.5 Å². The van der Waals surface area contributed by atoms with Crippen LogP contribution < -0.4 is 5.73 Å². The van der Waals surface area contributed by atoms with E-state index in [0.717, 1.165) is 11.9 Å². The topological polar surface area (TPSA) is 114 Å². The summed E-state index contributed by atoms with van der Waals surface area (Å²) in [5, 5.41) is 13.2. The Bertz CT molecular complexity index is 859. The fourth-order valence-corrected chi connectivity index (χ4v) is 2.58. The van der Waals surface area contributed by atoms with E-state index in [1.807, 2.05) is 6.07 Å². The SMILES string of the molecule is Cc1cn(N=Cc2ccc(S(C)(=O)=O)c(C#N)c2)c(N)n1. The van der Waals surface area contributed by atoms with Crippen molar-refractivity contribution in [3.8, 4) is 6.07 Å². The Morgan fingerprint density at radius 1 is 1.48 bits per heavy atom. The van der Waals surface area contributed by atoms with Crippen molar-refractivity contribution in [3.05, 3.63) is 41.2 Å². The summed E-state index contributed by atoms with van der Waals surface area (Å²) < 4.78 is 24.5. The monoisotopic (exact) mass is 303 g/mol. The van der Waals surface area contributed by atoms with Gasteiger partial charge in [-0.05, 0) is 24.6 Å². The van der Waals surface area contributed by atoms with Gasteiger partial charge in [0.1, 0.15) is 6.07 Å². The first-order valence-corrected chi connectivity index (χ1v) is 7.80. The predicted molar refractivity (Wildman–Crippen MR) is 78.6 cm³/mol. The van der Waals surface area contributed by atoms with Crippen LogP contribution in [0.25, 0.3) is 0 Å². The maximum atomic E-state index is 11.5. The number of aromatic nitrogens is 2. The van der Waals surface area contributed by atoms with Crippen LogP contribution in [0, 0.1) is 18.3 Å². The summed E-state index contributed by atoms with van der Waals surface area (Å²) in [5.74, 6) is 0.247. The largest absolute Gasteiger partial charge is 0.368 e. The Morgan fingerprint density at radius 2 is 2.19 bits per heavy atom. The number of nitrogen functional groups attached to an aromatic ring is 1. The van der Waals surface area contributed by atoms with Crippen LogP contribution in [-0.2, 0) is 9.84 Å². The van der Waals surface area contributed by atoms with Crippen LogP contribution in [0.5, 0.6) is 0 Å². The maximum absolute atomic E-state index is 11.5. The van der Waals surface area contributed by atoms with Crippen molar-refractivity contribution in [2.75, 3.05) is 12.0 Å². The van der Waals surface area contributed by atoms with Gasteiger partial charge in [-0.25, -0.2) is 18.1 Å². The second-order valence-corrected chi connectivity index (χ2v) is 6.45. The number of aryl methyl sites for hydroxylation is 1. The minimum absolute atomic E-state index is 0.000129. The van der Waals surface area contributed by atoms with Gasteiger partial charge in [-0.3, -0.25) is 0 Å². The fourth-order valence-electron chi connectivity index (χ4n) is 1.76. The molecule has 0 spiro atoms. The zero-order valence-electron chi connectivity index (χ0n) is 11.5. The molecule has 1 heterocycles. The predicted octanol–water partition coefficient (Wildman–Crippen LogP) is 0.931. The molecule has 2 N–H and O–H groups in total. The number of hydrogen-bond acceptors (Lipinski definition) is 6. The molecular formula is C13H13N5O2S. The zero-order valence-corrected chi connectivity index (χ0v) is 12.3. The average molecular weight is 303 g/mol. The van der Waals surface area contributed by atoms with Crippen LogP contribution in [0.4, 0.5) is 5.95 Å². The summed E-state index contributed by atoms with van der Waals surface area (Å²) in [5.41, 5.74) is 7.05. The number of nitrogens with two attached hydrogens (primary N) is 1. The molecule has 21 heavy (non-hydrogen) atoms. The highest BCUT2D eigenvalue weighted by atomic mass is 32.2. The van der Waals surface area contributed by atoms with Gasteiger partial charge in [-0.15, -0.1) is 0 Å². The van der Waals surface area contributed by atoms with Crippen LogP contribution in [0.2, 0.25) is 0 Å². The van der Waals surface area contributed by atoms with E-state index < -0.39 is 9.84 Å². The van der Waals surface area contributed by atoms with Gasteiger partial charge < -0.3 is 5.73 Å². The summed E-state index contributed by atoms with van der Waals surface area (Å²) in [6.07, 6.45) is 4.19. The molecule has 0 atom stereocenters. The van der Waals surface area contributed by atoms with E-state index in [1.165, 1.54) is 23.0 Å². The van der Waals surface area contributed by atoms with Gasteiger partial charge in [0, 0.05) is 6.26 Å².